The number of halogens is 2. The van der Waals surface area contributed by atoms with Crippen LogP contribution in [0.5, 0.6) is 5.75 Å². The summed E-state index contributed by atoms with van der Waals surface area (Å²) in [6.45, 7) is 0.930. The smallest absolute Gasteiger partial charge is 0.387 e. The molecule has 0 aliphatic carbocycles. The summed E-state index contributed by atoms with van der Waals surface area (Å²) in [5.41, 5.74) is 2.32. The molecule has 0 spiro atoms. The van der Waals surface area contributed by atoms with Crippen molar-refractivity contribution < 1.29 is 18.3 Å². The van der Waals surface area contributed by atoms with E-state index in [-0.39, 0.29) is 17.4 Å². The molecule has 0 fully saturated rings. The van der Waals surface area contributed by atoms with Gasteiger partial charge in [-0.15, -0.1) is 11.3 Å². The van der Waals surface area contributed by atoms with Gasteiger partial charge >= 0.3 is 6.61 Å². The zero-order valence-corrected chi connectivity index (χ0v) is 14.2. The Morgan fingerprint density at radius 1 is 1.28 bits per heavy atom. The maximum atomic E-state index is 12.2. The number of H-pyrrole nitrogens is 1. The van der Waals surface area contributed by atoms with E-state index < -0.39 is 6.61 Å². The molecule has 3 aromatic rings. The van der Waals surface area contributed by atoms with Crippen LogP contribution >= 0.6 is 11.3 Å². The van der Waals surface area contributed by atoms with Crippen LogP contribution in [0, 0.1) is 13.8 Å². The van der Waals surface area contributed by atoms with E-state index in [9.17, 15) is 13.6 Å². The van der Waals surface area contributed by atoms with Crippen molar-refractivity contribution in [2.24, 2.45) is 0 Å². The van der Waals surface area contributed by atoms with Crippen LogP contribution in [-0.4, -0.2) is 27.7 Å². The minimum atomic E-state index is -2.87. The van der Waals surface area contributed by atoms with Crippen molar-refractivity contribution in [1.29, 1.82) is 0 Å². The first-order valence-corrected chi connectivity index (χ1v) is 8.10. The predicted octanol–water partition coefficient (Wildman–Crippen LogP) is 4.00. The van der Waals surface area contributed by atoms with E-state index in [1.54, 1.807) is 18.2 Å². The summed E-state index contributed by atoms with van der Waals surface area (Å²) < 4.78 is 28.6. The third-order valence-corrected chi connectivity index (χ3v) is 4.44. The van der Waals surface area contributed by atoms with Gasteiger partial charge in [-0.3, -0.25) is 15.2 Å². The highest BCUT2D eigenvalue weighted by atomic mass is 32.1. The molecule has 0 radical (unpaired) electrons. The van der Waals surface area contributed by atoms with Gasteiger partial charge in [0.25, 0.3) is 5.91 Å². The molecule has 2 N–H and O–H groups in total. The van der Waals surface area contributed by atoms with Gasteiger partial charge in [-0.1, -0.05) is 0 Å². The second-order valence-electron chi connectivity index (χ2n) is 5.18. The number of thiazole rings is 1. The first-order chi connectivity index (χ1) is 11.9. The first-order valence-electron chi connectivity index (χ1n) is 7.28. The standard InChI is InChI=1S/C16H14F2N4O2S/c1-8-9(2)25-16(19-8)20-14(23)13-7-12(21-22-13)10-3-5-11(6-4-10)24-15(17)18/h3-7,15H,1-2H3,(H,21,22)(H,19,20,23). The number of hydrogen-bond acceptors (Lipinski definition) is 5. The Kier molecular flexibility index (Phi) is 4.75. The number of rotatable bonds is 5. The van der Waals surface area contributed by atoms with Gasteiger partial charge in [0, 0.05) is 10.4 Å². The molecule has 1 amide bonds. The summed E-state index contributed by atoms with van der Waals surface area (Å²) in [6, 6.07) is 7.58. The van der Waals surface area contributed by atoms with Crippen LogP contribution in [0.4, 0.5) is 13.9 Å². The number of anilines is 1. The predicted molar refractivity (Wildman–Crippen MR) is 90.2 cm³/mol. The van der Waals surface area contributed by atoms with E-state index in [0.29, 0.717) is 16.4 Å². The van der Waals surface area contributed by atoms with E-state index in [2.05, 4.69) is 25.2 Å². The monoisotopic (exact) mass is 364 g/mol. The molecule has 0 saturated carbocycles. The number of benzene rings is 1. The molecule has 0 saturated heterocycles. The summed E-state index contributed by atoms with van der Waals surface area (Å²) in [6.07, 6.45) is 0. The Bertz CT molecular complexity index is 870. The normalized spacial score (nSPS) is 10.9. The minimum absolute atomic E-state index is 0.0572. The first kappa shape index (κ1) is 17.0. The van der Waals surface area contributed by atoms with Crippen molar-refractivity contribution in [2.75, 3.05) is 5.32 Å². The molecular weight excluding hydrogens is 350 g/mol. The van der Waals surface area contributed by atoms with Crippen molar-refractivity contribution in [3.63, 3.8) is 0 Å². The topological polar surface area (TPSA) is 79.9 Å². The number of alkyl halides is 2. The number of carbonyl (C=O) groups is 1. The molecule has 0 aliphatic heterocycles. The van der Waals surface area contributed by atoms with Gasteiger partial charge in [-0.25, -0.2) is 4.98 Å². The Hall–Kier alpha value is -2.81. The van der Waals surface area contributed by atoms with Crippen molar-refractivity contribution in [3.05, 3.63) is 46.6 Å². The van der Waals surface area contributed by atoms with E-state index >= 15 is 0 Å². The molecule has 0 aliphatic rings. The molecule has 0 unspecified atom stereocenters. The Labute approximate surface area is 145 Å². The molecule has 6 nitrogen and oxygen atoms in total. The quantitative estimate of drug-likeness (QED) is 0.717. The number of aromatic amines is 1. The van der Waals surface area contributed by atoms with Crippen LogP contribution in [-0.2, 0) is 0 Å². The van der Waals surface area contributed by atoms with Crippen molar-refractivity contribution in [1.82, 2.24) is 15.2 Å². The average Bonchev–Trinajstić information content (AvgIpc) is 3.15. The molecule has 0 bridgehead atoms. The molecule has 2 aromatic heterocycles. The van der Waals surface area contributed by atoms with Crippen molar-refractivity contribution in [3.8, 4) is 17.0 Å². The number of aryl methyl sites for hydroxylation is 2. The lowest BCUT2D eigenvalue weighted by molar-refractivity contribution is -0.0498. The van der Waals surface area contributed by atoms with Crippen LogP contribution in [0.15, 0.2) is 30.3 Å². The summed E-state index contributed by atoms with van der Waals surface area (Å²) in [5.74, 6) is -0.299. The van der Waals surface area contributed by atoms with Crippen LogP contribution in [0.3, 0.4) is 0 Å². The number of nitrogens with zero attached hydrogens (tertiary/aromatic N) is 2. The van der Waals surface area contributed by atoms with Gasteiger partial charge in [-0.05, 0) is 44.2 Å². The van der Waals surface area contributed by atoms with E-state index in [0.717, 1.165) is 10.6 Å². The maximum Gasteiger partial charge on any atom is 0.387 e. The lowest BCUT2D eigenvalue weighted by atomic mass is 10.1. The van der Waals surface area contributed by atoms with Crippen LogP contribution in [0.1, 0.15) is 21.1 Å². The largest absolute Gasteiger partial charge is 0.435 e. The molecular formula is C16H14F2N4O2S. The summed E-state index contributed by atoms with van der Waals surface area (Å²) in [7, 11) is 0. The van der Waals surface area contributed by atoms with Gasteiger partial charge in [0.2, 0.25) is 0 Å². The van der Waals surface area contributed by atoms with E-state index in [1.165, 1.54) is 23.5 Å². The zero-order chi connectivity index (χ0) is 18.0. The molecule has 3 rings (SSSR count). The highest BCUT2D eigenvalue weighted by molar-refractivity contribution is 7.15. The highest BCUT2D eigenvalue weighted by Crippen LogP contribution is 2.24. The molecule has 9 heteroatoms. The number of hydrogen-bond donors (Lipinski definition) is 2. The third kappa shape index (κ3) is 4.00. The fourth-order valence-electron chi connectivity index (χ4n) is 2.08. The number of aromatic nitrogens is 3. The number of amides is 1. The zero-order valence-electron chi connectivity index (χ0n) is 13.3. The second-order valence-corrected chi connectivity index (χ2v) is 6.39. The van der Waals surface area contributed by atoms with Crippen LogP contribution in [0.25, 0.3) is 11.3 Å². The van der Waals surface area contributed by atoms with Crippen LogP contribution in [0.2, 0.25) is 0 Å². The number of ether oxygens (including phenoxy) is 1. The number of nitrogens with one attached hydrogen (secondary N) is 2. The fraction of sp³-hybridized carbons (Fsp3) is 0.188. The molecule has 130 valence electrons. The molecule has 25 heavy (non-hydrogen) atoms. The third-order valence-electron chi connectivity index (χ3n) is 3.45. The lowest BCUT2D eigenvalue weighted by Gasteiger charge is -2.04. The Balaban J connectivity index is 1.72. The van der Waals surface area contributed by atoms with Crippen molar-refractivity contribution >= 4 is 22.4 Å². The van der Waals surface area contributed by atoms with Gasteiger partial charge in [0.1, 0.15) is 11.4 Å². The minimum Gasteiger partial charge on any atom is -0.435 e. The second kappa shape index (κ2) is 6.98. The lowest BCUT2D eigenvalue weighted by Crippen LogP contribution is -2.12. The molecule has 0 atom stereocenters. The van der Waals surface area contributed by atoms with Gasteiger partial charge in [0.15, 0.2) is 5.13 Å². The number of carbonyl (C=O) groups excluding carboxylic acids is 1. The van der Waals surface area contributed by atoms with Crippen LogP contribution < -0.4 is 10.1 Å². The fourth-order valence-corrected chi connectivity index (χ4v) is 2.89. The average molecular weight is 364 g/mol. The van der Waals surface area contributed by atoms with E-state index in [4.69, 9.17) is 0 Å². The maximum absolute atomic E-state index is 12.2. The van der Waals surface area contributed by atoms with Crippen molar-refractivity contribution in [2.45, 2.75) is 20.5 Å². The SMILES string of the molecule is Cc1nc(NC(=O)c2cc(-c3ccc(OC(F)F)cc3)n[nH]2)sc1C. The summed E-state index contributed by atoms with van der Waals surface area (Å²) in [4.78, 5) is 17.5. The van der Waals surface area contributed by atoms with Gasteiger partial charge < -0.3 is 4.74 Å². The summed E-state index contributed by atoms with van der Waals surface area (Å²) >= 11 is 1.39. The Morgan fingerprint density at radius 2 is 2.00 bits per heavy atom. The van der Waals surface area contributed by atoms with Gasteiger partial charge in [-0.2, -0.15) is 13.9 Å². The highest BCUT2D eigenvalue weighted by Gasteiger charge is 2.14. The molecule has 1 aromatic carbocycles. The van der Waals surface area contributed by atoms with Gasteiger partial charge in [0.05, 0.1) is 11.4 Å². The van der Waals surface area contributed by atoms with E-state index in [1.807, 2.05) is 13.8 Å². The summed E-state index contributed by atoms with van der Waals surface area (Å²) in [5, 5.41) is 9.95. The Morgan fingerprint density at radius 3 is 2.60 bits per heavy atom. The molecule has 2 heterocycles.